The maximum absolute atomic E-state index is 11.3. The van der Waals surface area contributed by atoms with Gasteiger partial charge in [0.05, 0.1) is 18.8 Å². The third-order valence-corrected chi connectivity index (χ3v) is 2.03. The number of hydrogen-bond donors (Lipinski definition) is 2. The number of nitrogens with two attached hydrogens (primary N) is 1. The van der Waals surface area contributed by atoms with E-state index in [1.165, 1.54) is 0 Å². The van der Waals surface area contributed by atoms with Crippen molar-refractivity contribution in [1.82, 2.24) is 0 Å². The van der Waals surface area contributed by atoms with Gasteiger partial charge in [0, 0.05) is 0 Å². The number of aliphatic hydroxyl groups is 1. The molecule has 0 aromatic rings. The minimum Gasteiger partial charge on any atom is -0.390 e. The lowest BCUT2D eigenvalue weighted by atomic mass is 10.0. The van der Waals surface area contributed by atoms with Crippen LogP contribution in [0.1, 0.15) is 34.1 Å². The molecule has 0 bridgehead atoms. The Labute approximate surface area is 85.4 Å². The molecule has 0 radical (unpaired) electrons. The summed E-state index contributed by atoms with van der Waals surface area (Å²) >= 11 is 0. The number of carbonyl (C=O) groups is 1. The highest BCUT2D eigenvalue weighted by molar-refractivity contribution is 5.88. The summed E-state index contributed by atoms with van der Waals surface area (Å²) in [5.74, 6) is -0.131. The maximum Gasteiger partial charge on any atom is 0.177 e. The molecule has 0 fully saturated rings. The molecular formula is C10H21NO3. The zero-order chi connectivity index (χ0) is 11.4. The zero-order valence-corrected chi connectivity index (χ0v) is 9.46. The second kappa shape index (κ2) is 4.87. The Morgan fingerprint density at radius 1 is 1.36 bits per heavy atom. The van der Waals surface area contributed by atoms with Gasteiger partial charge in [-0.1, -0.05) is 0 Å². The van der Waals surface area contributed by atoms with Gasteiger partial charge in [-0.15, -0.1) is 0 Å². The van der Waals surface area contributed by atoms with E-state index in [1.54, 1.807) is 27.7 Å². The summed E-state index contributed by atoms with van der Waals surface area (Å²) in [4.78, 5) is 11.3. The lowest BCUT2D eigenvalue weighted by Gasteiger charge is -2.25. The van der Waals surface area contributed by atoms with Gasteiger partial charge in [-0.3, -0.25) is 4.79 Å². The van der Waals surface area contributed by atoms with E-state index in [4.69, 9.17) is 10.5 Å². The van der Waals surface area contributed by atoms with Gasteiger partial charge in [-0.25, -0.2) is 0 Å². The first kappa shape index (κ1) is 13.5. The van der Waals surface area contributed by atoms with Crippen molar-refractivity contribution in [2.45, 2.75) is 45.3 Å². The Bertz CT molecular complexity index is 194. The summed E-state index contributed by atoms with van der Waals surface area (Å²) in [7, 11) is 0. The highest BCUT2D eigenvalue weighted by Gasteiger charge is 2.27. The Morgan fingerprint density at radius 3 is 2.21 bits per heavy atom. The number of carbonyl (C=O) groups excluding carboxylic acids is 1. The number of hydrogen-bond acceptors (Lipinski definition) is 4. The largest absolute Gasteiger partial charge is 0.390 e. The predicted octanol–water partition coefficient (Wildman–Crippen LogP) is 0.470. The first-order chi connectivity index (χ1) is 6.19. The quantitative estimate of drug-likeness (QED) is 0.658. The maximum atomic E-state index is 11.3. The monoisotopic (exact) mass is 203 g/mol. The summed E-state index contributed by atoms with van der Waals surface area (Å²) < 4.78 is 5.37. The van der Waals surface area contributed by atoms with E-state index < -0.39 is 11.2 Å². The van der Waals surface area contributed by atoms with Gasteiger partial charge in [-0.2, -0.15) is 0 Å². The van der Waals surface area contributed by atoms with Crippen molar-refractivity contribution in [1.29, 1.82) is 0 Å². The van der Waals surface area contributed by atoms with E-state index in [2.05, 4.69) is 0 Å². The van der Waals surface area contributed by atoms with E-state index in [1.807, 2.05) is 0 Å². The topological polar surface area (TPSA) is 72.5 Å². The molecule has 0 rings (SSSR count). The molecular weight excluding hydrogens is 182 g/mol. The molecule has 14 heavy (non-hydrogen) atoms. The highest BCUT2D eigenvalue weighted by atomic mass is 16.5. The molecule has 4 nitrogen and oxygen atoms in total. The lowest BCUT2D eigenvalue weighted by Crippen LogP contribution is -2.40. The third kappa shape index (κ3) is 5.32. The molecule has 3 N–H and O–H groups in total. The fourth-order valence-corrected chi connectivity index (χ4v) is 0.882. The molecule has 4 heteroatoms. The smallest absolute Gasteiger partial charge is 0.177 e. The SMILES string of the molecule is CC(C)(O)CCOC(C)(C)C(=O)CN. The Morgan fingerprint density at radius 2 is 1.86 bits per heavy atom. The Balaban J connectivity index is 3.94. The fourth-order valence-electron chi connectivity index (χ4n) is 0.882. The third-order valence-electron chi connectivity index (χ3n) is 2.03. The van der Waals surface area contributed by atoms with Gasteiger partial charge in [0.2, 0.25) is 0 Å². The molecule has 0 aliphatic rings. The van der Waals surface area contributed by atoms with Crippen LogP contribution in [0.3, 0.4) is 0 Å². The van der Waals surface area contributed by atoms with Crippen LogP contribution in [0.15, 0.2) is 0 Å². The molecule has 0 amide bonds. The van der Waals surface area contributed by atoms with Crippen LogP contribution in [-0.2, 0) is 9.53 Å². The number of rotatable bonds is 6. The molecule has 0 saturated carbocycles. The molecule has 0 unspecified atom stereocenters. The average molecular weight is 203 g/mol. The number of ketones is 1. The van der Waals surface area contributed by atoms with Crippen LogP contribution in [0.4, 0.5) is 0 Å². The second-order valence-corrected chi connectivity index (χ2v) is 4.55. The molecule has 0 spiro atoms. The van der Waals surface area contributed by atoms with E-state index in [-0.39, 0.29) is 12.3 Å². The standard InChI is InChI=1S/C10H21NO3/c1-9(2,13)5-6-14-10(3,4)8(12)7-11/h13H,5-7,11H2,1-4H3. The van der Waals surface area contributed by atoms with Gasteiger partial charge in [0.1, 0.15) is 5.60 Å². The Kier molecular flexibility index (Phi) is 4.71. The number of Topliss-reactive ketones (excluding diaryl/α,β-unsaturated/α-hetero) is 1. The first-order valence-corrected chi connectivity index (χ1v) is 4.79. The van der Waals surface area contributed by atoms with Crippen molar-refractivity contribution in [3.05, 3.63) is 0 Å². The average Bonchev–Trinajstić information content (AvgIpc) is 2.00. The van der Waals surface area contributed by atoms with Gasteiger partial charge in [0.25, 0.3) is 0 Å². The van der Waals surface area contributed by atoms with E-state index in [9.17, 15) is 9.90 Å². The van der Waals surface area contributed by atoms with Crippen molar-refractivity contribution in [2.75, 3.05) is 13.2 Å². The van der Waals surface area contributed by atoms with Crippen molar-refractivity contribution in [2.24, 2.45) is 5.73 Å². The normalized spacial score (nSPS) is 13.0. The summed E-state index contributed by atoms with van der Waals surface area (Å²) in [6, 6.07) is 0. The molecule has 0 aromatic heterocycles. The van der Waals surface area contributed by atoms with Crippen LogP contribution in [0, 0.1) is 0 Å². The number of ether oxygens (including phenoxy) is 1. The molecule has 0 atom stereocenters. The van der Waals surface area contributed by atoms with Crippen LogP contribution in [0.25, 0.3) is 0 Å². The van der Waals surface area contributed by atoms with Crippen molar-refractivity contribution < 1.29 is 14.6 Å². The van der Waals surface area contributed by atoms with Gasteiger partial charge in [-0.05, 0) is 34.1 Å². The summed E-state index contributed by atoms with van der Waals surface area (Å²) in [6.07, 6.45) is 0.494. The van der Waals surface area contributed by atoms with Crippen LogP contribution in [0.2, 0.25) is 0 Å². The summed E-state index contributed by atoms with van der Waals surface area (Å²) in [5.41, 5.74) is 3.63. The van der Waals surface area contributed by atoms with Gasteiger partial charge < -0.3 is 15.6 Å². The molecule has 0 aliphatic heterocycles. The van der Waals surface area contributed by atoms with E-state index >= 15 is 0 Å². The second-order valence-electron chi connectivity index (χ2n) is 4.55. The van der Waals surface area contributed by atoms with E-state index in [0.717, 1.165) is 0 Å². The summed E-state index contributed by atoms with van der Waals surface area (Å²) in [6.45, 7) is 7.11. The zero-order valence-electron chi connectivity index (χ0n) is 9.46. The van der Waals surface area contributed by atoms with Crippen LogP contribution >= 0.6 is 0 Å². The van der Waals surface area contributed by atoms with E-state index in [0.29, 0.717) is 13.0 Å². The lowest BCUT2D eigenvalue weighted by molar-refractivity contribution is -0.140. The van der Waals surface area contributed by atoms with Crippen molar-refractivity contribution in [3.63, 3.8) is 0 Å². The first-order valence-electron chi connectivity index (χ1n) is 4.79. The van der Waals surface area contributed by atoms with Crippen LogP contribution in [-0.4, -0.2) is 35.2 Å². The molecule has 0 heterocycles. The fraction of sp³-hybridized carbons (Fsp3) is 0.900. The van der Waals surface area contributed by atoms with Crippen LogP contribution in [0.5, 0.6) is 0 Å². The minimum absolute atomic E-state index is 0.0183. The Hall–Kier alpha value is -0.450. The molecule has 0 aromatic carbocycles. The minimum atomic E-state index is -0.847. The predicted molar refractivity (Wildman–Crippen MR) is 55.0 cm³/mol. The highest BCUT2D eigenvalue weighted by Crippen LogP contribution is 2.14. The van der Waals surface area contributed by atoms with Gasteiger partial charge in [0.15, 0.2) is 5.78 Å². The molecule has 0 saturated heterocycles. The van der Waals surface area contributed by atoms with Crippen molar-refractivity contribution in [3.8, 4) is 0 Å². The van der Waals surface area contributed by atoms with Gasteiger partial charge >= 0.3 is 0 Å². The molecule has 0 aliphatic carbocycles. The summed E-state index contributed by atoms with van der Waals surface area (Å²) in [5, 5.41) is 9.42. The van der Waals surface area contributed by atoms with Crippen molar-refractivity contribution >= 4 is 5.78 Å². The van der Waals surface area contributed by atoms with Crippen LogP contribution < -0.4 is 5.73 Å². The molecule has 84 valence electrons.